The molecule has 0 aromatic heterocycles. The molecule has 3 aliphatic rings. The second-order valence-electron chi connectivity index (χ2n) is 7.45. The van der Waals surface area contributed by atoms with Crippen LogP contribution in [0.1, 0.15) is 32.1 Å². The van der Waals surface area contributed by atoms with Crippen LogP contribution in [-0.2, 0) is 19.3 Å². The van der Waals surface area contributed by atoms with E-state index in [0.29, 0.717) is 31.6 Å². The number of ether oxygens (including phenoxy) is 2. The number of morpholine rings is 1. The van der Waals surface area contributed by atoms with Gasteiger partial charge in [0.05, 0.1) is 30.8 Å². The first kappa shape index (κ1) is 18.9. The molecule has 2 atom stereocenters. The van der Waals surface area contributed by atoms with E-state index in [-0.39, 0.29) is 17.8 Å². The summed E-state index contributed by atoms with van der Waals surface area (Å²) in [5, 5.41) is 3.62. The third-order valence-electron chi connectivity index (χ3n) is 5.31. The molecule has 144 valence electrons. The average molecular weight is 374 g/mol. The summed E-state index contributed by atoms with van der Waals surface area (Å²) in [7, 11) is -1.16. The quantitative estimate of drug-likeness (QED) is 0.563. The minimum absolute atomic E-state index is 0.0567. The molecule has 0 bridgehead atoms. The van der Waals surface area contributed by atoms with Crippen LogP contribution in [0.2, 0.25) is 0 Å². The predicted molar refractivity (Wildman–Crippen MR) is 97.6 cm³/mol. The third kappa shape index (κ3) is 5.56. The lowest BCUT2D eigenvalue weighted by Crippen LogP contribution is -2.53. The lowest BCUT2D eigenvalue weighted by Gasteiger charge is -2.36. The first-order valence-electron chi connectivity index (χ1n) is 9.42. The van der Waals surface area contributed by atoms with Crippen molar-refractivity contribution in [3.63, 3.8) is 0 Å². The standard InChI is InChI=1S/C17H31N3O4S/c1-23-12-16-11-20(7-8-24-16)17(19-15-4-2-3-5-15)18-10-14-6-9-25(21,22)13-14/h14-16H,2-13H2,1H3,(H,18,19). The number of guanidine groups is 1. The van der Waals surface area contributed by atoms with Crippen molar-refractivity contribution in [1.29, 1.82) is 0 Å². The number of rotatable bonds is 5. The Bertz CT molecular complexity index is 558. The number of sulfone groups is 1. The SMILES string of the molecule is COCC1CN(C(=NCC2CCS(=O)(=O)C2)NC2CCCC2)CCO1. The molecule has 2 unspecified atom stereocenters. The Morgan fingerprint density at radius 1 is 1.32 bits per heavy atom. The van der Waals surface area contributed by atoms with Gasteiger partial charge in [0.1, 0.15) is 0 Å². The van der Waals surface area contributed by atoms with Crippen LogP contribution in [-0.4, -0.2) is 82.9 Å². The first-order chi connectivity index (χ1) is 12.1. The van der Waals surface area contributed by atoms with Gasteiger partial charge in [0, 0.05) is 32.8 Å². The average Bonchev–Trinajstić information content (AvgIpc) is 3.21. The Morgan fingerprint density at radius 3 is 2.80 bits per heavy atom. The number of methoxy groups -OCH3 is 1. The van der Waals surface area contributed by atoms with Crippen LogP contribution in [0, 0.1) is 5.92 Å². The van der Waals surface area contributed by atoms with E-state index in [1.165, 1.54) is 25.7 Å². The predicted octanol–water partition coefficient (Wildman–Crippen LogP) is 0.657. The zero-order chi connectivity index (χ0) is 17.7. The highest BCUT2D eigenvalue weighted by Gasteiger charge is 2.29. The number of aliphatic imine (C=N–C) groups is 1. The molecule has 0 aromatic carbocycles. The lowest BCUT2D eigenvalue weighted by molar-refractivity contribution is -0.0448. The lowest BCUT2D eigenvalue weighted by atomic mass is 10.1. The minimum atomic E-state index is -2.85. The van der Waals surface area contributed by atoms with E-state index in [4.69, 9.17) is 14.5 Å². The third-order valence-corrected chi connectivity index (χ3v) is 7.14. The molecule has 7 nitrogen and oxygen atoms in total. The number of hydrogen-bond donors (Lipinski definition) is 1. The van der Waals surface area contributed by atoms with Crippen molar-refractivity contribution < 1.29 is 17.9 Å². The molecule has 2 heterocycles. The van der Waals surface area contributed by atoms with E-state index < -0.39 is 9.84 Å². The van der Waals surface area contributed by atoms with E-state index >= 15 is 0 Å². The Balaban J connectivity index is 1.64. The summed E-state index contributed by atoms with van der Waals surface area (Å²) in [5.41, 5.74) is 0. The molecule has 0 aromatic rings. The van der Waals surface area contributed by atoms with E-state index in [2.05, 4.69) is 10.2 Å². The molecule has 1 aliphatic carbocycles. The molecule has 2 saturated heterocycles. The van der Waals surface area contributed by atoms with Crippen molar-refractivity contribution in [2.45, 2.75) is 44.2 Å². The molecule has 3 fully saturated rings. The van der Waals surface area contributed by atoms with Crippen molar-refractivity contribution in [3.8, 4) is 0 Å². The van der Waals surface area contributed by atoms with Gasteiger partial charge in [-0.3, -0.25) is 4.99 Å². The second kappa shape index (κ2) is 8.68. The molecular weight excluding hydrogens is 342 g/mol. The van der Waals surface area contributed by atoms with Crippen molar-refractivity contribution in [2.75, 3.05) is 51.5 Å². The molecule has 3 rings (SSSR count). The number of nitrogens with one attached hydrogen (secondary N) is 1. The van der Waals surface area contributed by atoms with Gasteiger partial charge < -0.3 is 19.7 Å². The monoisotopic (exact) mass is 373 g/mol. The fourth-order valence-electron chi connectivity index (χ4n) is 3.92. The van der Waals surface area contributed by atoms with Crippen LogP contribution in [0.15, 0.2) is 4.99 Å². The number of nitrogens with zero attached hydrogens (tertiary/aromatic N) is 2. The van der Waals surface area contributed by atoms with Gasteiger partial charge in [-0.2, -0.15) is 0 Å². The van der Waals surface area contributed by atoms with Crippen LogP contribution in [0.25, 0.3) is 0 Å². The summed E-state index contributed by atoms with van der Waals surface area (Å²) in [4.78, 5) is 7.07. The van der Waals surface area contributed by atoms with E-state index in [1.54, 1.807) is 7.11 Å². The molecule has 1 saturated carbocycles. The Hall–Kier alpha value is -0.860. The largest absolute Gasteiger partial charge is 0.382 e. The Labute approximate surface area is 151 Å². The normalized spacial score (nSPS) is 30.8. The summed E-state index contributed by atoms with van der Waals surface area (Å²) >= 11 is 0. The number of hydrogen-bond acceptors (Lipinski definition) is 5. The van der Waals surface area contributed by atoms with Crippen molar-refractivity contribution in [1.82, 2.24) is 10.2 Å². The Kier molecular flexibility index (Phi) is 6.57. The van der Waals surface area contributed by atoms with Crippen LogP contribution >= 0.6 is 0 Å². The highest BCUT2D eigenvalue weighted by atomic mass is 32.2. The fraction of sp³-hybridized carbons (Fsp3) is 0.941. The molecule has 0 spiro atoms. The zero-order valence-corrected chi connectivity index (χ0v) is 16.0. The smallest absolute Gasteiger partial charge is 0.194 e. The molecule has 2 aliphatic heterocycles. The maximum Gasteiger partial charge on any atom is 0.194 e. The Morgan fingerprint density at radius 2 is 2.12 bits per heavy atom. The van der Waals surface area contributed by atoms with Gasteiger partial charge in [-0.1, -0.05) is 12.8 Å². The van der Waals surface area contributed by atoms with Gasteiger partial charge >= 0.3 is 0 Å². The molecule has 8 heteroatoms. The van der Waals surface area contributed by atoms with Gasteiger partial charge in [-0.05, 0) is 25.2 Å². The summed E-state index contributed by atoms with van der Waals surface area (Å²) in [6, 6.07) is 0.481. The zero-order valence-electron chi connectivity index (χ0n) is 15.2. The summed E-state index contributed by atoms with van der Waals surface area (Å²) < 4.78 is 34.3. The van der Waals surface area contributed by atoms with Crippen LogP contribution in [0.3, 0.4) is 0 Å². The van der Waals surface area contributed by atoms with Crippen molar-refractivity contribution >= 4 is 15.8 Å². The molecular formula is C17H31N3O4S. The van der Waals surface area contributed by atoms with Crippen LogP contribution in [0.5, 0.6) is 0 Å². The highest BCUT2D eigenvalue weighted by Crippen LogP contribution is 2.20. The van der Waals surface area contributed by atoms with Gasteiger partial charge in [-0.15, -0.1) is 0 Å². The molecule has 0 amide bonds. The summed E-state index contributed by atoms with van der Waals surface area (Å²) in [5.74, 6) is 1.66. The second-order valence-corrected chi connectivity index (χ2v) is 9.68. The fourth-order valence-corrected chi connectivity index (χ4v) is 5.77. The summed E-state index contributed by atoms with van der Waals surface area (Å²) in [6.45, 7) is 3.39. The maximum absolute atomic E-state index is 11.7. The topological polar surface area (TPSA) is 80.2 Å². The van der Waals surface area contributed by atoms with E-state index in [9.17, 15) is 8.42 Å². The molecule has 1 N–H and O–H groups in total. The molecule has 25 heavy (non-hydrogen) atoms. The van der Waals surface area contributed by atoms with Crippen LogP contribution in [0.4, 0.5) is 0 Å². The highest BCUT2D eigenvalue weighted by molar-refractivity contribution is 7.91. The van der Waals surface area contributed by atoms with Gasteiger partial charge in [0.15, 0.2) is 15.8 Å². The van der Waals surface area contributed by atoms with Crippen molar-refractivity contribution in [2.24, 2.45) is 10.9 Å². The minimum Gasteiger partial charge on any atom is -0.382 e. The van der Waals surface area contributed by atoms with Gasteiger partial charge in [-0.25, -0.2) is 8.42 Å². The van der Waals surface area contributed by atoms with E-state index in [0.717, 1.165) is 25.5 Å². The van der Waals surface area contributed by atoms with Crippen molar-refractivity contribution in [3.05, 3.63) is 0 Å². The summed E-state index contributed by atoms with van der Waals surface area (Å²) in [6.07, 6.45) is 5.69. The maximum atomic E-state index is 11.7. The van der Waals surface area contributed by atoms with Crippen LogP contribution < -0.4 is 5.32 Å². The van der Waals surface area contributed by atoms with Gasteiger partial charge in [0.2, 0.25) is 0 Å². The van der Waals surface area contributed by atoms with Gasteiger partial charge in [0.25, 0.3) is 0 Å². The van der Waals surface area contributed by atoms with E-state index in [1.807, 2.05) is 0 Å². The molecule has 0 radical (unpaired) electrons. The first-order valence-corrected chi connectivity index (χ1v) is 11.2.